The molecule has 110 valence electrons. The Bertz CT molecular complexity index is 516. The highest BCUT2D eigenvalue weighted by atomic mass is 35.5. The summed E-state index contributed by atoms with van der Waals surface area (Å²) in [4.78, 5) is 14.6. The molecule has 0 aliphatic carbocycles. The molecule has 0 radical (unpaired) electrons. The van der Waals surface area contributed by atoms with Crippen LogP contribution in [0.5, 0.6) is 0 Å². The third kappa shape index (κ3) is 3.01. The van der Waals surface area contributed by atoms with Crippen molar-refractivity contribution in [3.8, 4) is 0 Å². The third-order valence-corrected chi connectivity index (χ3v) is 3.89. The SMILES string of the molecule is CC(Cl)Cc1ccc2c(c1)CC(C)N2C(=O)C(C)(C)C. The molecule has 1 heterocycles. The molecule has 0 aromatic heterocycles. The van der Waals surface area contributed by atoms with Crippen LogP contribution >= 0.6 is 11.6 Å². The minimum atomic E-state index is -0.348. The number of benzene rings is 1. The van der Waals surface area contributed by atoms with Crippen molar-refractivity contribution in [2.75, 3.05) is 4.90 Å². The van der Waals surface area contributed by atoms with Gasteiger partial charge in [0.05, 0.1) is 0 Å². The molecule has 1 aromatic carbocycles. The fourth-order valence-electron chi connectivity index (χ4n) is 2.81. The van der Waals surface area contributed by atoms with Gasteiger partial charge < -0.3 is 4.90 Å². The van der Waals surface area contributed by atoms with Crippen LogP contribution < -0.4 is 4.90 Å². The summed E-state index contributed by atoms with van der Waals surface area (Å²) in [6, 6.07) is 6.62. The molecule has 1 aromatic rings. The molecule has 0 saturated heterocycles. The van der Waals surface area contributed by atoms with Crippen molar-refractivity contribution in [2.24, 2.45) is 5.41 Å². The first-order valence-electron chi connectivity index (χ1n) is 7.29. The Morgan fingerprint density at radius 2 is 2.10 bits per heavy atom. The molecule has 0 fully saturated rings. The van der Waals surface area contributed by atoms with E-state index in [0.717, 1.165) is 18.5 Å². The summed E-state index contributed by atoms with van der Waals surface area (Å²) in [5.41, 5.74) is 3.25. The molecular formula is C17H24ClNO. The van der Waals surface area contributed by atoms with E-state index in [0.29, 0.717) is 0 Å². The third-order valence-electron chi connectivity index (χ3n) is 3.74. The number of halogens is 1. The first-order valence-corrected chi connectivity index (χ1v) is 7.73. The molecule has 0 N–H and O–H groups in total. The number of rotatable bonds is 2. The van der Waals surface area contributed by atoms with Gasteiger partial charge in [0.15, 0.2) is 0 Å². The molecule has 1 amide bonds. The monoisotopic (exact) mass is 293 g/mol. The quantitative estimate of drug-likeness (QED) is 0.749. The second-order valence-electron chi connectivity index (χ2n) is 6.93. The first kappa shape index (κ1) is 15.4. The predicted molar refractivity (Wildman–Crippen MR) is 85.6 cm³/mol. The summed E-state index contributed by atoms with van der Waals surface area (Å²) in [7, 11) is 0. The summed E-state index contributed by atoms with van der Waals surface area (Å²) in [6.45, 7) is 10.1. The number of fused-ring (bicyclic) bond motifs is 1. The minimum Gasteiger partial charge on any atom is -0.309 e. The van der Waals surface area contributed by atoms with Crippen LogP contribution in [0.2, 0.25) is 0 Å². The van der Waals surface area contributed by atoms with Crippen molar-refractivity contribution in [1.29, 1.82) is 0 Å². The summed E-state index contributed by atoms with van der Waals surface area (Å²) < 4.78 is 0. The van der Waals surface area contributed by atoms with Gasteiger partial charge in [0.2, 0.25) is 5.91 Å². The molecular weight excluding hydrogens is 270 g/mol. The van der Waals surface area contributed by atoms with Crippen molar-refractivity contribution >= 4 is 23.2 Å². The van der Waals surface area contributed by atoms with Crippen molar-refractivity contribution in [2.45, 2.75) is 58.9 Å². The van der Waals surface area contributed by atoms with Crippen LogP contribution in [0.4, 0.5) is 5.69 Å². The molecule has 3 heteroatoms. The van der Waals surface area contributed by atoms with Gasteiger partial charge in [-0.2, -0.15) is 0 Å². The fraction of sp³-hybridized carbons (Fsp3) is 0.588. The topological polar surface area (TPSA) is 20.3 Å². The van der Waals surface area contributed by atoms with Gasteiger partial charge in [-0.05, 0) is 43.9 Å². The second kappa shape index (κ2) is 5.40. The van der Waals surface area contributed by atoms with Crippen LogP contribution in [0.1, 0.15) is 45.7 Å². The summed E-state index contributed by atoms with van der Waals surface area (Å²) in [5, 5.41) is 0.138. The molecule has 0 saturated carbocycles. The molecule has 2 nitrogen and oxygen atoms in total. The number of amides is 1. The molecule has 1 aliphatic rings. The highest BCUT2D eigenvalue weighted by Gasteiger charge is 2.36. The number of carbonyl (C=O) groups is 1. The average Bonchev–Trinajstić information content (AvgIpc) is 2.61. The number of hydrogen-bond acceptors (Lipinski definition) is 1. The Kier molecular flexibility index (Phi) is 4.15. The van der Waals surface area contributed by atoms with Crippen LogP contribution in [-0.4, -0.2) is 17.3 Å². The maximum absolute atomic E-state index is 12.6. The Balaban J connectivity index is 2.32. The Hall–Kier alpha value is -1.02. The molecule has 20 heavy (non-hydrogen) atoms. The zero-order chi connectivity index (χ0) is 15.1. The van der Waals surface area contributed by atoms with Crippen LogP contribution in [0, 0.1) is 5.41 Å². The lowest BCUT2D eigenvalue weighted by atomic mass is 9.94. The van der Waals surface area contributed by atoms with Crippen molar-refractivity contribution in [1.82, 2.24) is 0 Å². The second-order valence-corrected chi connectivity index (χ2v) is 7.67. The fourth-order valence-corrected chi connectivity index (χ4v) is 2.99. The van der Waals surface area contributed by atoms with Gasteiger partial charge in [-0.1, -0.05) is 32.9 Å². The zero-order valence-corrected chi connectivity index (χ0v) is 13.8. The van der Waals surface area contributed by atoms with Gasteiger partial charge in [0.1, 0.15) is 0 Å². The van der Waals surface area contributed by atoms with E-state index >= 15 is 0 Å². The van der Waals surface area contributed by atoms with Gasteiger partial charge in [-0.3, -0.25) is 4.79 Å². The molecule has 2 rings (SSSR count). The van der Waals surface area contributed by atoms with Crippen molar-refractivity contribution in [3.63, 3.8) is 0 Å². The number of carbonyl (C=O) groups excluding carboxylic acids is 1. The van der Waals surface area contributed by atoms with E-state index in [-0.39, 0.29) is 22.7 Å². The number of nitrogens with zero attached hydrogens (tertiary/aromatic N) is 1. The lowest BCUT2D eigenvalue weighted by Gasteiger charge is -2.30. The van der Waals surface area contributed by atoms with E-state index in [9.17, 15) is 4.79 Å². The van der Waals surface area contributed by atoms with E-state index in [4.69, 9.17) is 11.6 Å². The Morgan fingerprint density at radius 1 is 1.45 bits per heavy atom. The average molecular weight is 294 g/mol. The Labute approximate surface area is 127 Å². The van der Waals surface area contributed by atoms with E-state index < -0.39 is 0 Å². The zero-order valence-electron chi connectivity index (χ0n) is 13.0. The minimum absolute atomic E-state index is 0.138. The standard InChI is InChI=1S/C17H24ClNO/c1-11(18)8-13-6-7-15-14(10-13)9-12(2)19(15)16(20)17(3,4)5/h6-7,10-12H,8-9H2,1-5H3. The van der Waals surface area contributed by atoms with Crippen LogP contribution in [0.3, 0.4) is 0 Å². The van der Waals surface area contributed by atoms with Crippen LogP contribution in [0.25, 0.3) is 0 Å². The number of alkyl halides is 1. The van der Waals surface area contributed by atoms with Crippen molar-refractivity contribution < 1.29 is 4.79 Å². The molecule has 2 atom stereocenters. The molecule has 2 unspecified atom stereocenters. The predicted octanol–water partition coefficient (Wildman–Crippen LogP) is 4.18. The largest absolute Gasteiger partial charge is 0.309 e. The first-order chi connectivity index (χ1) is 9.20. The van der Waals surface area contributed by atoms with Gasteiger partial charge in [0, 0.05) is 22.5 Å². The lowest BCUT2D eigenvalue weighted by Crippen LogP contribution is -2.42. The maximum Gasteiger partial charge on any atom is 0.232 e. The molecule has 0 spiro atoms. The van der Waals surface area contributed by atoms with E-state index in [1.807, 2.05) is 32.6 Å². The van der Waals surface area contributed by atoms with E-state index in [2.05, 4.69) is 25.1 Å². The summed E-state index contributed by atoms with van der Waals surface area (Å²) in [6.07, 6.45) is 1.80. The van der Waals surface area contributed by atoms with Gasteiger partial charge >= 0.3 is 0 Å². The van der Waals surface area contributed by atoms with Gasteiger partial charge in [-0.15, -0.1) is 11.6 Å². The van der Waals surface area contributed by atoms with Gasteiger partial charge in [-0.25, -0.2) is 0 Å². The van der Waals surface area contributed by atoms with E-state index in [1.165, 1.54) is 11.1 Å². The lowest BCUT2D eigenvalue weighted by molar-refractivity contribution is -0.126. The van der Waals surface area contributed by atoms with Gasteiger partial charge in [0.25, 0.3) is 0 Å². The number of anilines is 1. The summed E-state index contributed by atoms with van der Waals surface area (Å²) >= 11 is 6.07. The highest BCUT2D eigenvalue weighted by Crippen LogP contribution is 2.36. The summed E-state index contributed by atoms with van der Waals surface area (Å²) in [5.74, 6) is 0.196. The molecule has 0 bridgehead atoms. The van der Waals surface area contributed by atoms with Crippen LogP contribution in [-0.2, 0) is 17.6 Å². The Morgan fingerprint density at radius 3 is 2.65 bits per heavy atom. The number of hydrogen-bond donors (Lipinski definition) is 0. The highest BCUT2D eigenvalue weighted by molar-refractivity contribution is 6.20. The van der Waals surface area contributed by atoms with Crippen molar-refractivity contribution in [3.05, 3.63) is 29.3 Å². The van der Waals surface area contributed by atoms with Crippen LogP contribution in [0.15, 0.2) is 18.2 Å². The maximum atomic E-state index is 12.6. The molecule has 1 aliphatic heterocycles. The normalized spacial score (nSPS) is 19.9. The van der Waals surface area contributed by atoms with E-state index in [1.54, 1.807) is 0 Å². The smallest absolute Gasteiger partial charge is 0.232 e.